The van der Waals surface area contributed by atoms with Crippen molar-refractivity contribution in [3.05, 3.63) is 29.8 Å². The predicted molar refractivity (Wildman–Crippen MR) is 61.4 cm³/mol. The molecule has 88 valence electrons. The number of carbonyl (C=O) groups is 1. The SMILES string of the molecule is CC(C)Oc1cccc([C@H](N)CC(=O)O)c1. The molecule has 0 radical (unpaired) electrons. The maximum absolute atomic E-state index is 10.5. The Kier molecular flexibility index (Phi) is 4.31. The molecule has 0 aromatic heterocycles. The fourth-order valence-electron chi connectivity index (χ4n) is 1.40. The molecule has 16 heavy (non-hydrogen) atoms. The molecule has 0 heterocycles. The summed E-state index contributed by atoms with van der Waals surface area (Å²) in [7, 11) is 0. The van der Waals surface area contributed by atoms with Crippen molar-refractivity contribution in [2.24, 2.45) is 5.73 Å². The van der Waals surface area contributed by atoms with E-state index in [1.54, 1.807) is 12.1 Å². The predicted octanol–water partition coefficient (Wildman–Crippen LogP) is 1.95. The lowest BCUT2D eigenvalue weighted by molar-refractivity contribution is -0.137. The zero-order chi connectivity index (χ0) is 12.1. The van der Waals surface area contributed by atoms with Crippen LogP contribution in [0.15, 0.2) is 24.3 Å². The maximum Gasteiger partial charge on any atom is 0.305 e. The minimum Gasteiger partial charge on any atom is -0.491 e. The summed E-state index contributed by atoms with van der Waals surface area (Å²) < 4.78 is 5.51. The lowest BCUT2D eigenvalue weighted by Crippen LogP contribution is -2.15. The van der Waals surface area contributed by atoms with Crippen LogP contribution >= 0.6 is 0 Å². The Morgan fingerprint density at radius 1 is 1.50 bits per heavy atom. The van der Waals surface area contributed by atoms with Gasteiger partial charge in [-0.15, -0.1) is 0 Å². The Balaban J connectivity index is 2.77. The number of hydrogen-bond acceptors (Lipinski definition) is 3. The number of rotatable bonds is 5. The van der Waals surface area contributed by atoms with Crippen LogP contribution < -0.4 is 10.5 Å². The zero-order valence-corrected chi connectivity index (χ0v) is 9.51. The summed E-state index contributed by atoms with van der Waals surface area (Å²) in [6, 6.07) is 6.74. The lowest BCUT2D eigenvalue weighted by Gasteiger charge is -2.13. The van der Waals surface area contributed by atoms with Gasteiger partial charge in [0.15, 0.2) is 0 Å². The van der Waals surface area contributed by atoms with Crippen LogP contribution in [0.5, 0.6) is 5.75 Å². The average molecular weight is 223 g/mol. The zero-order valence-electron chi connectivity index (χ0n) is 9.51. The van der Waals surface area contributed by atoms with Gasteiger partial charge < -0.3 is 15.6 Å². The van der Waals surface area contributed by atoms with E-state index in [-0.39, 0.29) is 12.5 Å². The Labute approximate surface area is 95.0 Å². The number of carboxylic acids is 1. The van der Waals surface area contributed by atoms with Crippen molar-refractivity contribution >= 4 is 5.97 Å². The van der Waals surface area contributed by atoms with Gasteiger partial charge in [0, 0.05) is 6.04 Å². The van der Waals surface area contributed by atoms with Gasteiger partial charge in [-0.3, -0.25) is 4.79 Å². The molecule has 0 saturated heterocycles. The summed E-state index contributed by atoms with van der Waals surface area (Å²) >= 11 is 0. The van der Waals surface area contributed by atoms with Crippen LogP contribution in [-0.4, -0.2) is 17.2 Å². The van der Waals surface area contributed by atoms with Gasteiger partial charge in [-0.1, -0.05) is 12.1 Å². The van der Waals surface area contributed by atoms with Crippen molar-refractivity contribution in [1.82, 2.24) is 0 Å². The van der Waals surface area contributed by atoms with Gasteiger partial charge in [0.05, 0.1) is 12.5 Å². The third kappa shape index (κ3) is 3.90. The van der Waals surface area contributed by atoms with Crippen LogP contribution in [0.25, 0.3) is 0 Å². The largest absolute Gasteiger partial charge is 0.491 e. The second kappa shape index (κ2) is 5.51. The Morgan fingerprint density at radius 2 is 2.19 bits per heavy atom. The van der Waals surface area contributed by atoms with Crippen LogP contribution in [0.2, 0.25) is 0 Å². The van der Waals surface area contributed by atoms with Crippen molar-refractivity contribution in [2.45, 2.75) is 32.4 Å². The van der Waals surface area contributed by atoms with Crippen molar-refractivity contribution in [3.63, 3.8) is 0 Å². The molecule has 1 rings (SSSR count). The highest BCUT2D eigenvalue weighted by Crippen LogP contribution is 2.20. The van der Waals surface area contributed by atoms with E-state index in [1.165, 1.54) is 0 Å². The van der Waals surface area contributed by atoms with Gasteiger partial charge in [0.2, 0.25) is 0 Å². The fraction of sp³-hybridized carbons (Fsp3) is 0.417. The number of nitrogens with two attached hydrogens (primary N) is 1. The van der Waals surface area contributed by atoms with E-state index < -0.39 is 12.0 Å². The van der Waals surface area contributed by atoms with Gasteiger partial charge in [0.25, 0.3) is 0 Å². The third-order valence-corrected chi connectivity index (χ3v) is 2.05. The third-order valence-electron chi connectivity index (χ3n) is 2.05. The topological polar surface area (TPSA) is 72.5 Å². The van der Waals surface area contributed by atoms with Crippen LogP contribution in [0.4, 0.5) is 0 Å². The second-order valence-electron chi connectivity index (χ2n) is 3.94. The summed E-state index contributed by atoms with van der Waals surface area (Å²) in [5.74, 6) is -0.184. The van der Waals surface area contributed by atoms with Crippen LogP contribution in [0.3, 0.4) is 0 Å². The molecule has 0 aliphatic rings. The molecule has 0 amide bonds. The van der Waals surface area contributed by atoms with Gasteiger partial charge in [-0.05, 0) is 31.5 Å². The molecule has 0 unspecified atom stereocenters. The minimum atomic E-state index is -0.900. The lowest BCUT2D eigenvalue weighted by atomic mass is 10.0. The van der Waals surface area contributed by atoms with E-state index in [2.05, 4.69) is 0 Å². The molecular weight excluding hydrogens is 206 g/mol. The number of hydrogen-bond donors (Lipinski definition) is 2. The molecule has 1 atom stereocenters. The summed E-state index contributed by atoms with van der Waals surface area (Å²) in [5.41, 5.74) is 6.54. The maximum atomic E-state index is 10.5. The Morgan fingerprint density at radius 3 is 2.75 bits per heavy atom. The van der Waals surface area contributed by atoms with Crippen LogP contribution in [0.1, 0.15) is 31.9 Å². The number of benzene rings is 1. The quantitative estimate of drug-likeness (QED) is 0.800. The van der Waals surface area contributed by atoms with E-state index in [0.29, 0.717) is 5.75 Å². The average Bonchev–Trinajstić information content (AvgIpc) is 2.16. The molecule has 3 N–H and O–H groups in total. The molecule has 0 aliphatic carbocycles. The number of ether oxygens (including phenoxy) is 1. The highest BCUT2D eigenvalue weighted by molar-refractivity contribution is 5.67. The van der Waals surface area contributed by atoms with E-state index >= 15 is 0 Å². The first kappa shape index (κ1) is 12.5. The normalized spacial score (nSPS) is 12.5. The van der Waals surface area contributed by atoms with Crippen molar-refractivity contribution in [1.29, 1.82) is 0 Å². The van der Waals surface area contributed by atoms with Gasteiger partial charge in [-0.2, -0.15) is 0 Å². The van der Waals surface area contributed by atoms with Crippen molar-refractivity contribution in [2.75, 3.05) is 0 Å². The van der Waals surface area contributed by atoms with Gasteiger partial charge in [-0.25, -0.2) is 0 Å². The van der Waals surface area contributed by atoms with E-state index in [9.17, 15) is 4.79 Å². The summed E-state index contributed by atoms with van der Waals surface area (Å²) in [4.78, 5) is 10.5. The first-order chi connectivity index (χ1) is 7.49. The number of aliphatic carboxylic acids is 1. The molecular formula is C12H17NO3. The molecule has 0 fully saturated rings. The Hall–Kier alpha value is -1.55. The molecule has 1 aromatic carbocycles. The van der Waals surface area contributed by atoms with E-state index in [1.807, 2.05) is 26.0 Å². The summed E-state index contributed by atoms with van der Waals surface area (Å²) in [6.07, 6.45) is 0.0106. The smallest absolute Gasteiger partial charge is 0.305 e. The van der Waals surface area contributed by atoms with E-state index in [4.69, 9.17) is 15.6 Å². The highest BCUT2D eigenvalue weighted by atomic mass is 16.5. The first-order valence-electron chi connectivity index (χ1n) is 5.23. The minimum absolute atomic E-state index is 0.0782. The summed E-state index contributed by atoms with van der Waals surface area (Å²) in [6.45, 7) is 3.87. The molecule has 4 heteroatoms. The van der Waals surface area contributed by atoms with E-state index in [0.717, 1.165) is 5.56 Å². The van der Waals surface area contributed by atoms with Crippen molar-refractivity contribution < 1.29 is 14.6 Å². The monoisotopic (exact) mass is 223 g/mol. The first-order valence-corrected chi connectivity index (χ1v) is 5.23. The van der Waals surface area contributed by atoms with Gasteiger partial charge >= 0.3 is 5.97 Å². The summed E-state index contributed by atoms with van der Waals surface area (Å²) in [5, 5.41) is 8.65. The van der Waals surface area contributed by atoms with Crippen molar-refractivity contribution in [3.8, 4) is 5.75 Å². The fourth-order valence-corrected chi connectivity index (χ4v) is 1.40. The molecule has 0 bridgehead atoms. The van der Waals surface area contributed by atoms with Crippen LogP contribution in [0, 0.1) is 0 Å². The standard InChI is InChI=1S/C12H17NO3/c1-8(2)16-10-5-3-4-9(6-10)11(13)7-12(14)15/h3-6,8,11H,7,13H2,1-2H3,(H,14,15)/t11-/m1/s1. The molecule has 0 aliphatic heterocycles. The molecule has 0 saturated carbocycles. The molecule has 1 aromatic rings. The Bertz CT molecular complexity index is 363. The number of carboxylic acid groups (broad SMARTS) is 1. The van der Waals surface area contributed by atoms with Gasteiger partial charge in [0.1, 0.15) is 5.75 Å². The molecule has 0 spiro atoms. The molecule has 4 nitrogen and oxygen atoms in total. The van der Waals surface area contributed by atoms with Crippen LogP contribution in [-0.2, 0) is 4.79 Å². The second-order valence-corrected chi connectivity index (χ2v) is 3.94. The highest BCUT2D eigenvalue weighted by Gasteiger charge is 2.11.